The quantitative estimate of drug-likeness (QED) is 0.512. The average molecular weight is 431 g/mol. The highest BCUT2D eigenvalue weighted by molar-refractivity contribution is 5.90. The number of hydrogen-bond acceptors (Lipinski definition) is 6. The number of ether oxygens (including phenoxy) is 3. The summed E-state index contributed by atoms with van der Waals surface area (Å²) in [7, 11) is 1.42. The monoisotopic (exact) mass is 430 g/mol. The second-order valence-corrected chi connectivity index (χ2v) is 8.85. The standard InChI is InChI=1S/C25H34O6/c1-16-8-7-13-25(4,5)23(30-18(3)26)14-17(2)21(12-9-16)31-24(28)19-10-11-20(27)22(15-19)29-6/h9-11,14-15,21,23,27H,7-8,12-13H2,1-6H3/b16-9?,17-14-/t21-,23+/m1/s1. The van der Waals surface area contributed by atoms with Crippen LogP contribution in [-0.4, -0.2) is 36.4 Å². The van der Waals surface area contributed by atoms with Crippen LogP contribution in [0.1, 0.15) is 70.7 Å². The number of phenols is 1. The van der Waals surface area contributed by atoms with Crippen LogP contribution in [-0.2, 0) is 14.3 Å². The van der Waals surface area contributed by atoms with Gasteiger partial charge in [0.25, 0.3) is 0 Å². The molecule has 0 radical (unpaired) electrons. The predicted octanol–water partition coefficient (Wildman–Crippen LogP) is 5.35. The van der Waals surface area contributed by atoms with E-state index in [9.17, 15) is 14.7 Å². The SMILES string of the molecule is COc1cc(C(=O)O[C@@H]2CC=C(C)CCCC(C)(C)[C@@H](OC(C)=O)/C=C\2C)ccc1O. The van der Waals surface area contributed by atoms with Crippen molar-refractivity contribution in [3.05, 3.63) is 47.1 Å². The Morgan fingerprint density at radius 3 is 2.52 bits per heavy atom. The summed E-state index contributed by atoms with van der Waals surface area (Å²) >= 11 is 0. The molecule has 1 aliphatic carbocycles. The lowest BCUT2D eigenvalue weighted by atomic mass is 9.80. The van der Waals surface area contributed by atoms with Crippen molar-refractivity contribution in [1.82, 2.24) is 0 Å². The van der Waals surface area contributed by atoms with Crippen LogP contribution in [0.4, 0.5) is 0 Å². The molecule has 6 nitrogen and oxygen atoms in total. The Labute approximate surface area is 184 Å². The Hall–Kier alpha value is -2.76. The maximum atomic E-state index is 12.8. The Bertz CT molecular complexity index is 865. The molecule has 0 aromatic heterocycles. The number of benzene rings is 1. The third-order valence-electron chi connectivity index (χ3n) is 5.72. The Kier molecular flexibility index (Phi) is 8.31. The number of hydrogen-bond donors (Lipinski definition) is 1. The molecular weight excluding hydrogens is 396 g/mol. The minimum Gasteiger partial charge on any atom is -0.504 e. The lowest BCUT2D eigenvalue weighted by Crippen LogP contribution is -2.33. The lowest BCUT2D eigenvalue weighted by Gasteiger charge is -2.32. The molecule has 2 rings (SSSR count). The van der Waals surface area contributed by atoms with Crippen LogP contribution < -0.4 is 4.74 Å². The van der Waals surface area contributed by atoms with Crippen molar-refractivity contribution >= 4 is 11.9 Å². The van der Waals surface area contributed by atoms with Gasteiger partial charge in [0.2, 0.25) is 0 Å². The van der Waals surface area contributed by atoms with Crippen molar-refractivity contribution in [1.29, 1.82) is 0 Å². The molecule has 1 aromatic rings. The summed E-state index contributed by atoms with van der Waals surface area (Å²) in [5.41, 5.74) is 2.09. The van der Waals surface area contributed by atoms with E-state index in [-0.39, 0.29) is 28.4 Å². The summed E-state index contributed by atoms with van der Waals surface area (Å²) in [6.45, 7) is 9.56. The van der Waals surface area contributed by atoms with Crippen LogP contribution in [0.5, 0.6) is 11.5 Å². The number of esters is 2. The molecule has 0 aliphatic heterocycles. The highest BCUT2D eigenvalue weighted by Crippen LogP contribution is 2.34. The summed E-state index contributed by atoms with van der Waals surface area (Å²) in [4.78, 5) is 24.6. The zero-order valence-electron chi connectivity index (χ0n) is 19.4. The van der Waals surface area contributed by atoms with Gasteiger partial charge in [-0.1, -0.05) is 25.5 Å². The summed E-state index contributed by atoms with van der Waals surface area (Å²) < 4.78 is 16.6. The first-order valence-corrected chi connectivity index (χ1v) is 10.6. The fourth-order valence-corrected chi connectivity index (χ4v) is 3.65. The summed E-state index contributed by atoms with van der Waals surface area (Å²) in [5, 5.41) is 9.78. The van der Waals surface area contributed by atoms with Crippen LogP contribution in [0, 0.1) is 5.41 Å². The topological polar surface area (TPSA) is 82.1 Å². The minimum atomic E-state index is -0.514. The molecule has 31 heavy (non-hydrogen) atoms. The van der Waals surface area contributed by atoms with E-state index in [1.54, 1.807) is 0 Å². The number of carbonyl (C=O) groups is 2. The molecule has 0 heterocycles. The number of methoxy groups -OCH3 is 1. The van der Waals surface area contributed by atoms with Crippen LogP contribution in [0.15, 0.2) is 41.5 Å². The van der Waals surface area contributed by atoms with Gasteiger partial charge >= 0.3 is 11.9 Å². The van der Waals surface area contributed by atoms with Crippen molar-refractivity contribution in [2.45, 2.75) is 72.5 Å². The van der Waals surface area contributed by atoms with Crippen LogP contribution in [0.2, 0.25) is 0 Å². The normalized spacial score (nSPS) is 23.4. The van der Waals surface area contributed by atoms with E-state index >= 15 is 0 Å². The van der Waals surface area contributed by atoms with Gasteiger partial charge in [-0.3, -0.25) is 4.79 Å². The molecule has 0 saturated carbocycles. The maximum Gasteiger partial charge on any atom is 0.338 e. The number of rotatable bonds is 4. The van der Waals surface area contributed by atoms with E-state index in [1.807, 2.05) is 13.0 Å². The molecular formula is C25H34O6. The fourth-order valence-electron chi connectivity index (χ4n) is 3.65. The Morgan fingerprint density at radius 2 is 1.87 bits per heavy atom. The number of phenolic OH excluding ortho intramolecular Hbond substituents is 1. The van der Waals surface area contributed by atoms with Gasteiger partial charge in [0.05, 0.1) is 12.7 Å². The van der Waals surface area contributed by atoms with Crippen LogP contribution in [0.25, 0.3) is 0 Å². The van der Waals surface area contributed by atoms with Crippen molar-refractivity contribution in [3.63, 3.8) is 0 Å². The van der Waals surface area contributed by atoms with Gasteiger partial charge < -0.3 is 19.3 Å². The molecule has 1 aromatic carbocycles. The molecule has 0 unspecified atom stereocenters. The Morgan fingerprint density at radius 1 is 1.16 bits per heavy atom. The number of allylic oxidation sites excluding steroid dienone is 1. The van der Waals surface area contributed by atoms with E-state index in [0.29, 0.717) is 6.42 Å². The first-order valence-electron chi connectivity index (χ1n) is 10.6. The van der Waals surface area contributed by atoms with Crippen LogP contribution in [0.3, 0.4) is 0 Å². The maximum absolute atomic E-state index is 12.8. The number of aromatic hydroxyl groups is 1. The highest BCUT2D eigenvalue weighted by atomic mass is 16.5. The predicted molar refractivity (Wildman–Crippen MR) is 119 cm³/mol. The first kappa shape index (κ1) is 24.5. The van der Waals surface area contributed by atoms with Gasteiger partial charge in [-0.15, -0.1) is 0 Å². The van der Waals surface area contributed by atoms with Gasteiger partial charge in [-0.2, -0.15) is 0 Å². The zero-order chi connectivity index (χ0) is 23.2. The van der Waals surface area contributed by atoms with E-state index < -0.39 is 18.2 Å². The molecule has 0 bridgehead atoms. The molecule has 170 valence electrons. The number of carbonyl (C=O) groups excluding carboxylic acids is 2. The molecule has 0 saturated heterocycles. The fraction of sp³-hybridized carbons (Fsp3) is 0.520. The first-order chi connectivity index (χ1) is 14.5. The van der Waals surface area contributed by atoms with Crippen molar-refractivity contribution in [2.75, 3.05) is 7.11 Å². The van der Waals surface area contributed by atoms with Crippen molar-refractivity contribution < 1.29 is 28.9 Å². The summed E-state index contributed by atoms with van der Waals surface area (Å²) in [5.74, 6) is -0.692. The summed E-state index contributed by atoms with van der Waals surface area (Å²) in [6.07, 6.45) is 6.44. The van der Waals surface area contributed by atoms with E-state index in [0.717, 1.165) is 24.8 Å². The molecule has 0 fully saturated rings. The smallest absolute Gasteiger partial charge is 0.338 e. The summed E-state index contributed by atoms with van der Waals surface area (Å²) in [6, 6.07) is 4.35. The Balaban J connectivity index is 2.36. The van der Waals surface area contributed by atoms with Gasteiger partial charge in [-0.05, 0) is 63.0 Å². The van der Waals surface area contributed by atoms with E-state index in [1.165, 1.54) is 37.8 Å². The second kappa shape index (κ2) is 10.5. The van der Waals surface area contributed by atoms with Gasteiger partial charge in [-0.25, -0.2) is 4.79 Å². The van der Waals surface area contributed by atoms with Gasteiger partial charge in [0.15, 0.2) is 11.5 Å². The lowest BCUT2D eigenvalue weighted by molar-refractivity contribution is -0.149. The molecule has 2 atom stereocenters. The van der Waals surface area contributed by atoms with Gasteiger partial charge in [0, 0.05) is 18.8 Å². The van der Waals surface area contributed by atoms with E-state index in [2.05, 4.69) is 26.8 Å². The molecule has 6 heteroatoms. The van der Waals surface area contributed by atoms with Crippen molar-refractivity contribution in [3.8, 4) is 11.5 Å². The molecule has 0 amide bonds. The largest absolute Gasteiger partial charge is 0.504 e. The highest BCUT2D eigenvalue weighted by Gasteiger charge is 2.32. The van der Waals surface area contributed by atoms with Gasteiger partial charge in [0.1, 0.15) is 12.2 Å². The van der Waals surface area contributed by atoms with Crippen LogP contribution >= 0.6 is 0 Å². The molecule has 1 aliphatic rings. The second-order valence-electron chi connectivity index (χ2n) is 8.85. The molecule has 1 N–H and O–H groups in total. The van der Waals surface area contributed by atoms with Crippen molar-refractivity contribution in [2.24, 2.45) is 5.41 Å². The zero-order valence-corrected chi connectivity index (χ0v) is 19.4. The van der Waals surface area contributed by atoms with E-state index in [4.69, 9.17) is 14.2 Å². The molecule has 0 spiro atoms. The third kappa shape index (κ3) is 6.88. The third-order valence-corrected chi connectivity index (χ3v) is 5.72. The average Bonchev–Trinajstić information content (AvgIpc) is 2.70. The minimum absolute atomic E-state index is 0.0462.